The summed E-state index contributed by atoms with van der Waals surface area (Å²) >= 11 is 0. The van der Waals surface area contributed by atoms with Gasteiger partial charge in [0.2, 0.25) is 0 Å². The molecule has 2 rings (SSSR count). The van der Waals surface area contributed by atoms with Gasteiger partial charge in [0.15, 0.2) is 5.82 Å². The molecular weight excluding hydrogens is 315 g/mol. The van der Waals surface area contributed by atoms with Crippen molar-refractivity contribution >= 4 is 11.5 Å². The number of hydrogen-bond acceptors (Lipinski definition) is 4. The SMILES string of the molecule is NC=C(CNC(=O)c1c[nH]c(=O)c(F)c1)c1nccn1C(F)F. The van der Waals surface area contributed by atoms with Crippen molar-refractivity contribution in [3.8, 4) is 0 Å². The van der Waals surface area contributed by atoms with Crippen molar-refractivity contribution in [1.29, 1.82) is 0 Å². The van der Waals surface area contributed by atoms with E-state index in [0.717, 1.165) is 24.7 Å². The Labute approximate surface area is 127 Å². The molecule has 2 heterocycles. The molecule has 0 bridgehead atoms. The number of alkyl halides is 2. The molecule has 0 fully saturated rings. The molecule has 0 aliphatic rings. The Morgan fingerprint density at radius 1 is 1.52 bits per heavy atom. The molecule has 0 aliphatic carbocycles. The number of halogens is 3. The zero-order chi connectivity index (χ0) is 17.0. The zero-order valence-electron chi connectivity index (χ0n) is 11.6. The van der Waals surface area contributed by atoms with E-state index in [2.05, 4.69) is 15.3 Å². The lowest BCUT2D eigenvalue weighted by Crippen LogP contribution is -2.27. The second-order valence-electron chi connectivity index (χ2n) is 4.38. The minimum atomic E-state index is -2.81. The molecule has 0 unspecified atom stereocenters. The number of imidazole rings is 1. The number of nitrogens with two attached hydrogens (primary N) is 1. The van der Waals surface area contributed by atoms with E-state index in [0.29, 0.717) is 4.57 Å². The van der Waals surface area contributed by atoms with Gasteiger partial charge in [-0.1, -0.05) is 0 Å². The Kier molecular flexibility index (Phi) is 4.84. The van der Waals surface area contributed by atoms with E-state index in [9.17, 15) is 22.8 Å². The molecule has 0 aromatic carbocycles. The number of aromatic amines is 1. The standard InChI is InChI=1S/C13H12F3N5O2/c14-9-3-7(5-20-12(9)23)11(22)19-6-8(4-17)10-18-1-2-21(10)13(15)16/h1-5,13H,6,17H2,(H,19,22)(H,20,23). The molecule has 1 amide bonds. The van der Waals surface area contributed by atoms with Crippen LogP contribution in [0.1, 0.15) is 22.7 Å². The number of amides is 1. The van der Waals surface area contributed by atoms with E-state index >= 15 is 0 Å². The van der Waals surface area contributed by atoms with Crippen LogP contribution in [0.4, 0.5) is 13.2 Å². The molecule has 10 heteroatoms. The van der Waals surface area contributed by atoms with E-state index in [-0.39, 0.29) is 23.5 Å². The van der Waals surface area contributed by atoms with Crippen molar-refractivity contribution in [2.24, 2.45) is 5.73 Å². The molecule has 23 heavy (non-hydrogen) atoms. The van der Waals surface area contributed by atoms with Gasteiger partial charge >= 0.3 is 6.55 Å². The van der Waals surface area contributed by atoms with E-state index in [1.165, 1.54) is 6.20 Å². The zero-order valence-corrected chi connectivity index (χ0v) is 11.6. The summed E-state index contributed by atoms with van der Waals surface area (Å²) in [5, 5.41) is 2.38. The first-order valence-electron chi connectivity index (χ1n) is 6.32. The summed E-state index contributed by atoms with van der Waals surface area (Å²) in [6.45, 7) is -3.02. The molecule has 0 aliphatic heterocycles. The van der Waals surface area contributed by atoms with Crippen molar-refractivity contribution < 1.29 is 18.0 Å². The summed E-state index contributed by atoms with van der Waals surface area (Å²) in [6, 6.07) is 0.764. The molecule has 7 nitrogen and oxygen atoms in total. The number of nitrogens with zero attached hydrogens (tertiary/aromatic N) is 2. The van der Waals surface area contributed by atoms with Crippen molar-refractivity contribution in [3.05, 3.63) is 58.4 Å². The van der Waals surface area contributed by atoms with Crippen LogP contribution in [-0.4, -0.2) is 27.0 Å². The third-order valence-electron chi connectivity index (χ3n) is 2.93. The summed E-state index contributed by atoms with van der Waals surface area (Å²) < 4.78 is 39.3. The third kappa shape index (κ3) is 3.59. The van der Waals surface area contributed by atoms with Gasteiger partial charge in [-0.3, -0.25) is 14.2 Å². The fourth-order valence-corrected chi connectivity index (χ4v) is 1.80. The van der Waals surface area contributed by atoms with Crippen LogP contribution in [0.25, 0.3) is 5.57 Å². The molecule has 2 aromatic rings. The number of carbonyl (C=O) groups excluding carboxylic acids is 1. The largest absolute Gasteiger partial charge is 0.404 e. The van der Waals surface area contributed by atoms with Crippen molar-refractivity contribution in [3.63, 3.8) is 0 Å². The van der Waals surface area contributed by atoms with Gasteiger partial charge in [-0.25, -0.2) is 9.37 Å². The number of H-pyrrole nitrogens is 1. The Bertz CT molecular complexity index is 797. The van der Waals surface area contributed by atoms with E-state index in [1.54, 1.807) is 0 Å². The van der Waals surface area contributed by atoms with E-state index in [4.69, 9.17) is 5.73 Å². The maximum atomic E-state index is 13.1. The highest BCUT2D eigenvalue weighted by atomic mass is 19.3. The van der Waals surface area contributed by atoms with Crippen molar-refractivity contribution in [2.75, 3.05) is 6.54 Å². The van der Waals surface area contributed by atoms with Gasteiger partial charge in [0.25, 0.3) is 11.5 Å². The van der Waals surface area contributed by atoms with Crippen LogP contribution >= 0.6 is 0 Å². The smallest absolute Gasteiger partial charge is 0.320 e. The van der Waals surface area contributed by atoms with Gasteiger partial charge < -0.3 is 16.0 Å². The van der Waals surface area contributed by atoms with Gasteiger partial charge in [-0.15, -0.1) is 0 Å². The quantitative estimate of drug-likeness (QED) is 0.756. The number of pyridine rings is 1. The summed E-state index contributed by atoms with van der Waals surface area (Å²) in [4.78, 5) is 28.6. The van der Waals surface area contributed by atoms with Crippen LogP contribution in [-0.2, 0) is 0 Å². The van der Waals surface area contributed by atoms with Crippen LogP contribution in [0.15, 0.2) is 35.7 Å². The van der Waals surface area contributed by atoms with Crippen molar-refractivity contribution in [1.82, 2.24) is 19.9 Å². The normalized spacial score (nSPS) is 11.7. The lowest BCUT2D eigenvalue weighted by atomic mass is 10.2. The number of rotatable bonds is 5. The fraction of sp³-hybridized carbons (Fsp3) is 0.154. The van der Waals surface area contributed by atoms with Crippen LogP contribution in [0.3, 0.4) is 0 Å². The molecular formula is C13H12F3N5O2. The third-order valence-corrected chi connectivity index (χ3v) is 2.93. The second-order valence-corrected chi connectivity index (χ2v) is 4.38. The van der Waals surface area contributed by atoms with Crippen LogP contribution in [0, 0.1) is 5.82 Å². The molecule has 122 valence electrons. The van der Waals surface area contributed by atoms with Crippen LogP contribution < -0.4 is 16.6 Å². The highest BCUT2D eigenvalue weighted by Gasteiger charge is 2.16. The minimum Gasteiger partial charge on any atom is -0.404 e. The lowest BCUT2D eigenvalue weighted by Gasteiger charge is -2.11. The first-order chi connectivity index (χ1) is 10.9. The predicted molar refractivity (Wildman–Crippen MR) is 75.0 cm³/mol. The Morgan fingerprint density at radius 2 is 2.26 bits per heavy atom. The second kappa shape index (κ2) is 6.81. The van der Waals surface area contributed by atoms with Crippen LogP contribution in [0.2, 0.25) is 0 Å². The number of aromatic nitrogens is 3. The van der Waals surface area contributed by atoms with Gasteiger partial charge in [-0.2, -0.15) is 8.78 Å². The summed E-state index contributed by atoms with van der Waals surface area (Å²) in [6.07, 6.45) is 4.31. The predicted octanol–water partition coefficient (Wildman–Crippen LogP) is 0.835. The molecule has 0 radical (unpaired) electrons. The van der Waals surface area contributed by atoms with Gasteiger partial charge in [0.05, 0.1) is 5.56 Å². The summed E-state index contributed by atoms with van der Waals surface area (Å²) in [5.41, 5.74) is 4.45. The molecule has 0 atom stereocenters. The highest BCUT2D eigenvalue weighted by Crippen LogP contribution is 2.18. The molecule has 2 aromatic heterocycles. The number of hydrogen-bond donors (Lipinski definition) is 3. The monoisotopic (exact) mass is 327 g/mol. The van der Waals surface area contributed by atoms with Gasteiger partial charge in [0, 0.05) is 36.9 Å². The highest BCUT2D eigenvalue weighted by molar-refractivity contribution is 5.94. The number of carbonyl (C=O) groups is 1. The van der Waals surface area contributed by atoms with E-state index < -0.39 is 23.8 Å². The van der Waals surface area contributed by atoms with Crippen molar-refractivity contribution in [2.45, 2.75) is 6.55 Å². The minimum absolute atomic E-state index is 0.101. The number of nitrogens with one attached hydrogen (secondary N) is 2. The molecule has 0 saturated carbocycles. The van der Waals surface area contributed by atoms with Gasteiger partial charge in [-0.05, 0) is 6.07 Å². The average Bonchev–Trinajstić information content (AvgIpc) is 3.00. The Morgan fingerprint density at radius 3 is 2.87 bits per heavy atom. The first-order valence-corrected chi connectivity index (χ1v) is 6.32. The molecule has 0 saturated heterocycles. The summed E-state index contributed by atoms with van der Waals surface area (Å²) in [5.74, 6) is -1.93. The Hall–Kier alpha value is -3.04. The fourth-order valence-electron chi connectivity index (χ4n) is 1.80. The lowest BCUT2D eigenvalue weighted by molar-refractivity contribution is 0.0692. The topological polar surface area (TPSA) is 106 Å². The Balaban J connectivity index is 2.11. The molecule has 0 spiro atoms. The first kappa shape index (κ1) is 16.3. The maximum Gasteiger partial charge on any atom is 0.320 e. The van der Waals surface area contributed by atoms with E-state index in [1.807, 2.05) is 0 Å². The van der Waals surface area contributed by atoms with Crippen LogP contribution in [0.5, 0.6) is 0 Å². The summed E-state index contributed by atoms with van der Waals surface area (Å²) in [7, 11) is 0. The average molecular weight is 327 g/mol. The maximum absolute atomic E-state index is 13.1. The van der Waals surface area contributed by atoms with Gasteiger partial charge in [0.1, 0.15) is 5.82 Å². The molecule has 4 N–H and O–H groups in total.